The lowest BCUT2D eigenvalue weighted by Gasteiger charge is -2.11. The van der Waals surface area contributed by atoms with Crippen molar-refractivity contribution in [2.75, 3.05) is 0 Å². The Balaban J connectivity index is 4.42. The summed E-state index contributed by atoms with van der Waals surface area (Å²) in [4.78, 5) is 19.1. The number of carbonyl (C=O) groups excluding carboxylic acids is 1. The highest BCUT2D eigenvalue weighted by Crippen LogP contribution is 1.92. The summed E-state index contributed by atoms with van der Waals surface area (Å²) in [5.74, 6) is 0.147. The molecule has 0 aromatic rings. The van der Waals surface area contributed by atoms with Gasteiger partial charge in [-0.2, -0.15) is 0 Å². The van der Waals surface area contributed by atoms with Crippen LogP contribution in [-0.2, 0) is 4.79 Å². The van der Waals surface area contributed by atoms with Crippen LogP contribution in [0.4, 0.5) is 0 Å². The summed E-state index contributed by atoms with van der Waals surface area (Å²) in [6, 6.07) is -0.400. The summed E-state index contributed by atoms with van der Waals surface area (Å²) in [6.07, 6.45) is 1.43. The summed E-state index contributed by atoms with van der Waals surface area (Å²) >= 11 is 0. The number of rotatable bonds is 4. The molecule has 0 saturated heterocycles. The van der Waals surface area contributed by atoms with Crippen molar-refractivity contribution in [1.82, 2.24) is 10.6 Å². The molecule has 0 aromatic heterocycles. The van der Waals surface area contributed by atoms with Gasteiger partial charge in [-0.1, -0.05) is 6.58 Å². The van der Waals surface area contributed by atoms with Crippen molar-refractivity contribution < 1.29 is 4.79 Å². The number of amides is 1. The van der Waals surface area contributed by atoms with Crippen LogP contribution in [0.3, 0.4) is 0 Å². The molecule has 1 unspecified atom stereocenters. The Morgan fingerprint density at radius 2 is 2.00 bits per heavy atom. The first kappa shape index (κ1) is 13.4. The third-order valence-corrected chi connectivity index (χ3v) is 1.51. The maximum absolute atomic E-state index is 11.5. The highest BCUT2D eigenvalue weighted by molar-refractivity contribution is 5.89. The molecular formula is C10H18N4O. The predicted molar refractivity (Wildman–Crippen MR) is 63.1 cm³/mol. The smallest absolute Gasteiger partial charge is 0.244 e. The van der Waals surface area contributed by atoms with Crippen molar-refractivity contribution in [2.24, 2.45) is 9.98 Å². The van der Waals surface area contributed by atoms with Crippen LogP contribution in [0, 0.1) is 0 Å². The Bertz CT molecular complexity index is 271. The second-order valence-corrected chi connectivity index (χ2v) is 3.30. The van der Waals surface area contributed by atoms with Crippen molar-refractivity contribution >= 4 is 18.6 Å². The minimum absolute atomic E-state index is 0.0997. The zero-order valence-corrected chi connectivity index (χ0v) is 9.45. The van der Waals surface area contributed by atoms with Crippen LogP contribution in [0.1, 0.15) is 20.8 Å². The molecular weight excluding hydrogens is 192 g/mol. The molecule has 0 fully saturated rings. The predicted octanol–water partition coefficient (Wildman–Crippen LogP) is 0.689. The van der Waals surface area contributed by atoms with Crippen molar-refractivity contribution in [2.45, 2.75) is 32.9 Å². The molecule has 0 aliphatic heterocycles. The van der Waals surface area contributed by atoms with E-state index in [0.717, 1.165) is 0 Å². The maximum atomic E-state index is 11.5. The van der Waals surface area contributed by atoms with Crippen LogP contribution in [0.5, 0.6) is 0 Å². The molecule has 0 radical (unpaired) electrons. The lowest BCUT2D eigenvalue weighted by atomic mass is 10.3. The van der Waals surface area contributed by atoms with E-state index in [9.17, 15) is 4.79 Å². The topological polar surface area (TPSA) is 65.8 Å². The average molecular weight is 210 g/mol. The Morgan fingerprint density at radius 3 is 2.40 bits per heavy atom. The Kier molecular flexibility index (Phi) is 6.01. The highest BCUT2D eigenvalue weighted by atomic mass is 16.2. The van der Waals surface area contributed by atoms with Gasteiger partial charge in [-0.15, -0.1) is 0 Å². The van der Waals surface area contributed by atoms with Gasteiger partial charge in [0.2, 0.25) is 11.9 Å². The molecule has 0 aromatic carbocycles. The minimum Gasteiger partial charge on any atom is -0.352 e. The molecule has 1 amide bonds. The van der Waals surface area contributed by atoms with Gasteiger partial charge in [0.1, 0.15) is 6.04 Å². The largest absolute Gasteiger partial charge is 0.352 e. The van der Waals surface area contributed by atoms with E-state index >= 15 is 0 Å². The van der Waals surface area contributed by atoms with Gasteiger partial charge in [0, 0.05) is 6.04 Å². The molecule has 84 valence electrons. The van der Waals surface area contributed by atoms with Gasteiger partial charge in [0.25, 0.3) is 0 Å². The maximum Gasteiger partial charge on any atom is 0.244 e. The quantitative estimate of drug-likeness (QED) is 0.529. The molecule has 5 heteroatoms. The standard InChI is InChI=1S/C10H18N4O/c1-6-12-10(11-5)14-8(4)9(15)13-7(2)3/h6-8H,1,5H2,2-4H3,(H,12,14)(H,13,15). The molecule has 15 heavy (non-hydrogen) atoms. The fraction of sp³-hybridized carbons (Fsp3) is 0.500. The zero-order valence-electron chi connectivity index (χ0n) is 9.45. The van der Waals surface area contributed by atoms with Crippen LogP contribution < -0.4 is 10.6 Å². The molecule has 5 nitrogen and oxygen atoms in total. The van der Waals surface area contributed by atoms with Gasteiger partial charge < -0.3 is 10.6 Å². The van der Waals surface area contributed by atoms with Crippen molar-refractivity contribution in [3.63, 3.8) is 0 Å². The number of aliphatic imine (C=N–C) groups is 2. The Morgan fingerprint density at radius 1 is 1.40 bits per heavy atom. The van der Waals surface area contributed by atoms with E-state index in [2.05, 4.69) is 33.9 Å². The fourth-order valence-corrected chi connectivity index (χ4v) is 0.862. The number of nitrogens with zero attached hydrogens (tertiary/aromatic N) is 2. The first-order valence-electron chi connectivity index (χ1n) is 4.73. The number of hydrogen-bond donors (Lipinski definition) is 2. The second-order valence-electron chi connectivity index (χ2n) is 3.30. The van der Waals surface area contributed by atoms with E-state index in [0.29, 0.717) is 0 Å². The van der Waals surface area contributed by atoms with Crippen molar-refractivity contribution in [3.05, 3.63) is 12.8 Å². The van der Waals surface area contributed by atoms with E-state index in [4.69, 9.17) is 0 Å². The number of nitrogens with one attached hydrogen (secondary N) is 2. The molecule has 0 heterocycles. The summed E-state index contributed by atoms with van der Waals surface area (Å²) < 4.78 is 0. The van der Waals surface area contributed by atoms with E-state index < -0.39 is 6.04 Å². The third kappa shape index (κ3) is 5.61. The van der Waals surface area contributed by atoms with Crippen LogP contribution >= 0.6 is 0 Å². The van der Waals surface area contributed by atoms with E-state index in [1.165, 1.54) is 6.20 Å². The SMILES string of the molecule is C=CNC(N=C)=NC(C)C(=O)NC(C)C. The number of guanidine groups is 1. The van der Waals surface area contributed by atoms with Gasteiger partial charge in [-0.25, -0.2) is 9.98 Å². The van der Waals surface area contributed by atoms with Crippen LogP contribution in [-0.4, -0.2) is 30.7 Å². The van der Waals surface area contributed by atoms with E-state index in [1.807, 2.05) is 13.8 Å². The molecule has 1 atom stereocenters. The number of carbonyl (C=O) groups is 1. The molecule has 2 N–H and O–H groups in total. The minimum atomic E-state index is -0.500. The van der Waals surface area contributed by atoms with Gasteiger partial charge in [-0.05, 0) is 33.7 Å². The van der Waals surface area contributed by atoms with Crippen molar-refractivity contribution in [1.29, 1.82) is 0 Å². The average Bonchev–Trinajstić information content (AvgIpc) is 2.15. The van der Waals surface area contributed by atoms with Crippen LogP contribution in [0.25, 0.3) is 0 Å². The fourth-order valence-electron chi connectivity index (χ4n) is 0.862. The first-order valence-corrected chi connectivity index (χ1v) is 4.73. The van der Waals surface area contributed by atoms with Gasteiger partial charge >= 0.3 is 0 Å². The first-order chi connectivity index (χ1) is 7.01. The third-order valence-electron chi connectivity index (χ3n) is 1.51. The van der Waals surface area contributed by atoms with E-state index in [1.54, 1.807) is 6.92 Å². The molecule has 0 aliphatic rings. The molecule has 0 aliphatic carbocycles. The monoisotopic (exact) mass is 210 g/mol. The summed E-state index contributed by atoms with van der Waals surface area (Å²) in [6.45, 7) is 12.3. The normalized spacial score (nSPS) is 13.2. The summed E-state index contributed by atoms with van der Waals surface area (Å²) in [5, 5.41) is 5.43. The number of hydrogen-bond acceptors (Lipinski definition) is 2. The molecule has 0 rings (SSSR count). The van der Waals surface area contributed by atoms with Crippen LogP contribution in [0.2, 0.25) is 0 Å². The summed E-state index contributed by atoms with van der Waals surface area (Å²) in [5.41, 5.74) is 0. The van der Waals surface area contributed by atoms with E-state index in [-0.39, 0.29) is 17.9 Å². The molecule has 0 bridgehead atoms. The molecule has 0 saturated carbocycles. The molecule has 0 spiro atoms. The van der Waals surface area contributed by atoms with Gasteiger partial charge in [0.15, 0.2) is 0 Å². The Hall–Kier alpha value is -1.65. The zero-order chi connectivity index (χ0) is 11.8. The Labute approximate surface area is 90.4 Å². The van der Waals surface area contributed by atoms with Crippen molar-refractivity contribution in [3.8, 4) is 0 Å². The lowest BCUT2D eigenvalue weighted by Crippen LogP contribution is -2.37. The lowest BCUT2D eigenvalue weighted by molar-refractivity contribution is -0.122. The summed E-state index contributed by atoms with van der Waals surface area (Å²) in [7, 11) is 0. The van der Waals surface area contributed by atoms with Gasteiger partial charge in [0.05, 0.1) is 0 Å². The second kappa shape index (κ2) is 6.75. The van der Waals surface area contributed by atoms with Crippen LogP contribution in [0.15, 0.2) is 22.8 Å². The van der Waals surface area contributed by atoms with Gasteiger partial charge in [-0.3, -0.25) is 4.79 Å². The highest BCUT2D eigenvalue weighted by Gasteiger charge is 2.12.